The van der Waals surface area contributed by atoms with E-state index < -0.39 is 0 Å². The van der Waals surface area contributed by atoms with Crippen molar-refractivity contribution in [3.63, 3.8) is 0 Å². The average Bonchev–Trinajstić information content (AvgIpc) is 2.67. The molecule has 1 aliphatic rings. The first-order chi connectivity index (χ1) is 11.8. The summed E-state index contributed by atoms with van der Waals surface area (Å²) in [5.74, 6) is 1.64. The van der Waals surface area contributed by atoms with Gasteiger partial charge in [0.2, 0.25) is 5.95 Å². The number of benzene rings is 1. The predicted octanol–water partition coefficient (Wildman–Crippen LogP) is 2.04. The van der Waals surface area contributed by atoms with Gasteiger partial charge >= 0.3 is 0 Å². The van der Waals surface area contributed by atoms with E-state index >= 15 is 0 Å². The summed E-state index contributed by atoms with van der Waals surface area (Å²) in [5.41, 5.74) is 1.27. The van der Waals surface area contributed by atoms with Crippen LogP contribution in [0.3, 0.4) is 0 Å². The molecule has 6 nitrogen and oxygen atoms in total. The van der Waals surface area contributed by atoms with Crippen LogP contribution in [0.4, 0.5) is 11.8 Å². The SMILES string of the molecule is CCN1CCN(c2nncc(N(CC)Cc3ccccc3)n2)CC1. The summed E-state index contributed by atoms with van der Waals surface area (Å²) < 4.78 is 0. The van der Waals surface area contributed by atoms with Crippen LogP contribution < -0.4 is 9.80 Å². The molecule has 1 aliphatic heterocycles. The van der Waals surface area contributed by atoms with E-state index in [0.29, 0.717) is 0 Å². The molecule has 3 rings (SSSR count). The fourth-order valence-corrected chi connectivity index (χ4v) is 2.99. The maximum Gasteiger partial charge on any atom is 0.247 e. The third-order valence-corrected chi connectivity index (χ3v) is 4.56. The monoisotopic (exact) mass is 326 g/mol. The second-order valence-electron chi connectivity index (χ2n) is 6.04. The van der Waals surface area contributed by atoms with Crippen LogP contribution in [0.2, 0.25) is 0 Å². The number of likely N-dealkylation sites (N-methyl/N-ethyl adjacent to an activating group) is 1. The highest BCUT2D eigenvalue weighted by Crippen LogP contribution is 2.17. The van der Waals surface area contributed by atoms with E-state index in [-0.39, 0.29) is 0 Å². The molecule has 1 aromatic carbocycles. The Labute approximate surface area is 144 Å². The Balaban J connectivity index is 1.71. The number of rotatable bonds is 6. The Hall–Kier alpha value is -2.21. The first-order valence-electron chi connectivity index (χ1n) is 8.76. The van der Waals surface area contributed by atoms with Crippen molar-refractivity contribution in [3.05, 3.63) is 42.1 Å². The fourth-order valence-electron chi connectivity index (χ4n) is 2.99. The largest absolute Gasteiger partial charge is 0.351 e. The lowest BCUT2D eigenvalue weighted by atomic mass is 10.2. The molecule has 0 unspecified atom stereocenters. The van der Waals surface area contributed by atoms with Gasteiger partial charge < -0.3 is 14.7 Å². The van der Waals surface area contributed by atoms with Crippen molar-refractivity contribution in [2.45, 2.75) is 20.4 Å². The smallest absolute Gasteiger partial charge is 0.247 e. The van der Waals surface area contributed by atoms with Crippen LogP contribution in [-0.2, 0) is 6.54 Å². The Morgan fingerprint density at radius 1 is 1.04 bits per heavy atom. The Morgan fingerprint density at radius 2 is 1.79 bits per heavy atom. The maximum absolute atomic E-state index is 4.77. The molecule has 1 fully saturated rings. The summed E-state index contributed by atoms with van der Waals surface area (Å²) in [6, 6.07) is 10.5. The van der Waals surface area contributed by atoms with Crippen molar-refractivity contribution in [1.29, 1.82) is 0 Å². The highest BCUT2D eigenvalue weighted by atomic mass is 15.4. The van der Waals surface area contributed by atoms with Crippen LogP contribution in [0, 0.1) is 0 Å². The molecule has 2 aromatic rings. The molecule has 0 N–H and O–H groups in total. The van der Waals surface area contributed by atoms with E-state index in [0.717, 1.165) is 57.6 Å². The van der Waals surface area contributed by atoms with Gasteiger partial charge in [0, 0.05) is 39.3 Å². The molecule has 0 atom stereocenters. The minimum absolute atomic E-state index is 0.745. The van der Waals surface area contributed by atoms with Crippen molar-refractivity contribution in [3.8, 4) is 0 Å². The molecule has 0 spiro atoms. The summed E-state index contributed by atoms with van der Waals surface area (Å²) >= 11 is 0. The van der Waals surface area contributed by atoms with Crippen LogP contribution in [0.15, 0.2) is 36.5 Å². The number of anilines is 2. The number of aromatic nitrogens is 3. The molecule has 6 heteroatoms. The molecule has 1 saturated heterocycles. The third kappa shape index (κ3) is 4.00. The second-order valence-corrected chi connectivity index (χ2v) is 6.04. The number of hydrogen-bond acceptors (Lipinski definition) is 6. The molecular weight excluding hydrogens is 300 g/mol. The first kappa shape index (κ1) is 16.6. The van der Waals surface area contributed by atoms with Crippen molar-refractivity contribution in [2.24, 2.45) is 0 Å². The number of hydrogen-bond donors (Lipinski definition) is 0. The Bertz CT molecular complexity index is 624. The molecule has 0 radical (unpaired) electrons. The van der Waals surface area contributed by atoms with Gasteiger partial charge in [0.05, 0.1) is 6.20 Å². The highest BCUT2D eigenvalue weighted by molar-refractivity contribution is 5.42. The molecule has 1 aromatic heterocycles. The molecule has 2 heterocycles. The predicted molar refractivity (Wildman–Crippen MR) is 97.3 cm³/mol. The minimum atomic E-state index is 0.745. The van der Waals surface area contributed by atoms with Gasteiger partial charge in [-0.05, 0) is 19.0 Å². The number of piperazine rings is 1. The van der Waals surface area contributed by atoms with Crippen LogP contribution in [0.5, 0.6) is 0 Å². The van der Waals surface area contributed by atoms with Gasteiger partial charge in [-0.1, -0.05) is 37.3 Å². The molecule has 0 bridgehead atoms. The van der Waals surface area contributed by atoms with Crippen molar-refractivity contribution >= 4 is 11.8 Å². The second kappa shape index (κ2) is 8.06. The van der Waals surface area contributed by atoms with Crippen LogP contribution in [-0.4, -0.2) is 59.3 Å². The molecule has 0 amide bonds. The molecule has 24 heavy (non-hydrogen) atoms. The van der Waals surface area contributed by atoms with E-state index in [1.165, 1.54) is 5.56 Å². The standard InChI is InChI=1S/C18H26N6/c1-3-22-10-12-24(13-11-22)18-20-17(14-19-21-18)23(4-2)15-16-8-6-5-7-9-16/h5-9,14H,3-4,10-13,15H2,1-2H3. The van der Waals surface area contributed by atoms with Crippen molar-refractivity contribution in [1.82, 2.24) is 20.1 Å². The molecular formula is C18H26N6. The van der Waals surface area contributed by atoms with Gasteiger partial charge in [-0.15, -0.1) is 5.10 Å². The summed E-state index contributed by atoms with van der Waals surface area (Å²) in [6.07, 6.45) is 1.76. The van der Waals surface area contributed by atoms with Crippen molar-refractivity contribution in [2.75, 3.05) is 49.1 Å². The average molecular weight is 326 g/mol. The van der Waals surface area contributed by atoms with Gasteiger partial charge in [0.1, 0.15) is 0 Å². The first-order valence-corrected chi connectivity index (χ1v) is 8.76. The molecule has 128 valence electrons. The Kier molecular flexibility index (Phi) is 5.59. The zero-order chi connectivity index (χ0) is 16.8. The van der Waals surface area contributed by atoms with Gasteiger partial charge in [-0.3, -0.25) is 0 Å². The van der Waals surface area contributed by atoms with Crippen LogP contribution >= 0.6 is 0 Å². The lowest BCUT2D eigenvalue weighted by molar-refractivity contribution is 0.269. The van der Waals surface area contributed by atoms with Gasteiger partial charge in [-0.2, -0.15) is 10.1 Å². The van der Waals surface area contributed by atoms with Gasteiger partial charge in [0.15, 0.2) is 5.82 Å². The van der Waals surface area contributed by atoms with E-state index in [4.69, 9.17) is 4.98 Å². The van der Waals surface area contributed by atoms with E-state index in [1.807, 2.05) is 6.07 Å². The Morgan fingerprint density at radius 3 is 2.46 bits per heavy atom. The van der Waals surface area contributed by atoms with E-state index in [9.17, 15) is 0 Å². The maximum atomic E-state index is 4.77. The lowest BCUT2D eigenvalue weighted by Crippen LogP contribution is -2.47. The van der Waals surface area contributed by atoms with Gasteiger partial charge in [0.25, 0.3) is 0 Å². The zero-order valence-corrected chi connectivity index (χ0v) is 14.6. The summed E-state index contributed by atoms with van der Waals surface area (Å²) in [5, 5.41) is 8.46. The van der Waals surface area contributed by atoms with Crippen LogP contribution in [0.1, 0.15) is 19.4 Å². The zero-order valence-electron chi connectivity index (χ0n) is 14.6. The fraction of sp³-hybridized carbons (Fsp3) is 0.500. The summed E-state index contributed by atoms with van der Waals surface area (Å²) in [7, 11) is 0. The molecule has 0 saturated carbocycles. The topological polar surface area (TPSA) is 48.4 Å². The van der Waals surface area contributed by atoms with Crippen LogP contribution in [0.25, 0.3) is 0 Å². The minimum Gasteiger partial charge on any atom is -0.351 e. The number of nitrogens with zero attached hydrogens (tertiary/aromatic N) is 6. The highest BCUT2D eigenvalue weighted by Gasteiger charge is 2.19. The quantitative estimate of drug-likeness (QED) is 0.810. The lowest BCUT2D eigenvalue weighted by Gasteiger charge is -2.34. The summed E-state index contributed by atoms with van der Waals surface area (Å²) in [6.45, 7) is 11.2. The third-order valence-electron chi connectivity index (χ3n) is 4.56. The van der Waals surface area contributed by atoms with Gasteiger partial charge in [-0.25, -0.2) is 0 Å². The molecule has 0 aliphatic carbocycles. The van der Waals surface area contributed by atoms with Crippen molar-refractivity contribution < 1.29 is 0 Å². The normalized spacial score (nSPS) is 15.5. The summed E-state index contributed by atoms with van der Waals surface area (Å²) in [4.78, 5) is 11.7. The van der Waals surface area contributed by atoms with E-state index in [2.05, 4.69) is 63.0 Å². The van der Waals surface area contributed by atoms with E-state index in [1.54, 1.807) is 6.20 Å².